The van der Waals surface area contributed by atoms with Gasteiger partial charge in [0.25, 0.3) is 5.91 Å². The highest BCUT2D eigenvalue weighted by atomic mass is 16.2. The summed E-state index contributed by atoms with van der Waals surface area (Å²) in [6, 6.07) is 15.0. The van der Waals surface area contributed by atoms with E-state index in [1.54, 1.807) is 29.4 Å². The Labute approximate surface area is 113 Å². The van der Waals surface area contributed by atoms with Crippen molar-refractivity contribution in [1.29, 1.82) is 0 Å². The van der Waals surface area contributed by atoms with Crippen LogP contribution >= 0.6 is 0 Å². The van der Waals surface area contributed by atoms with Gasteiger partial charge in [0.1, 0.15) is 5.69 Å². The molecule has 4 nitrogen and oxygen atoms in total. The first-order valence-electron chi connectivity index (χ1n) is 6.25. The Morgan fingerprint density at radius 2 is 1.79 bits per heavy atom. The van der Waals surface area contributed by atoms with Gasteiger partial charge in [-0.1, -0.05) is 24.3 Å². The number of carbonyl (C=O) groups excluding carboxylic acids is 1. The maximum atomic E-state index is 12.4. The van der Waals surface area contributed by atoms with Gasteiger partial charge in [0.05, 0.1) is 5.69 Å². The van der Waals surface area contributed by atoms with Gasteiger partial charge >= 0.3 is 0 Å². The number of rotatable bonds is 4. The van der Waals surface area contributed by atoms with E-state index in [-0.39, 0.29) is 11.9 Å². The Morgan fingerprint density at radius 3 is 2.37 bits per heavy atom. The minimum Gasteiger partial charge on any atom is -0.296 e. The van der Waals surface area contributed by atoms with E-state index < -0.39 is 0 Å². The molecule has 0 aliphatic heterocycles. The van der Waals surface area contributed by atoms with Gasteiger partial charge in [-0.3, -0.25) is 15.2 Å². The number of hydrazine groups is 1. The van der Waals surface area contributed by atoms with Crippen molar-refractivity contribution in [3.05, 3.63) is 60.4 Å². The van der Waals surface area contributed by atoms with Gasteiger partial charge in [0, 0.05) is 12.2 Å². The number of nitrogens with one attached hydrogen (secondary N) is 1. The summed E-state index contributed by atoms with van der Waals surface area (Å²) in [4.78, 5) is 16.5. The lowest BCUT2D eigenvalue weighted by Gasteiger charge is -2.27. The number of hydrogen-bond donors (Lipinski definition) is 1. The number of carbonyl (C=O) groups is 1. The Bertz CT molecular complexity index is 526. The van der Waals surface area contributed by atoms with Crippen LogP contribution in [0.2, 0.25) is 0 Å². The highest BCUT2D eigenvalue weighted by Crippen LogP contribution is 2.11. The standard InChI is InChI=1S/C15H17N3O/c1-12(2)18(17-13-8-4-3-5-9-13)15(19)14-10-6-7-11-16-14/h3-12,17H,1-2H3. The minimum absolute atomic E-state index is 0.0229. The van der Waals surface area contributed by atoms with Crippen molar-refractivity contribution in [2.24, 2.45) is 0 Å². The number of nitrogens with zero attached hydrogens (tertiary/aromatic N) is 2. The van der Waals surface area contributed by atoms with Crippen LogP contribution in [0.3, 0.4) is 0 Å². The van der Waals surface area contributed by atoms with Crippen LogP contribution in [0.4, 0.5) is 5.69 Å². The number of pyridine rings is 1. The molecular weight excluding hydrogens is 238 g/mol. The molecule has 98 valence electrons. The van der Waals surface area contributed by atoms with Crippen LogP contribution in [0.5, 0.6) is 0 Å². The number of aromatic nitrogens is 1. The first kappa shape index (κ1) is 13.1. The second kappa shape index (κ2) is 6.00. The zero-order valence-electron chi connectivity index (χ0n) is 11.1. The molecule has 1 N–H and O–H groups in total. The van der Waals surface area contributed by atoms with Crippen molar-refractivity contribution in [1.82, 2.24) is 9.99 Å². The Morgan fingerprint density at radius 1 is 1.11 bits per heavy atom. The third kappa shape index (κ3) is 3.31. The fourth-order valence-corrected chi connectivity index (χ4v) is 1.68. The third-order valence-corrected chi connectivity index (χ3v) is 2.64. The van der Waals surface area contributed by atoms with E-state index in [1.807, 2.05) is 44.2 Å². The number of amides is 1. The van der Waals surface area contributed by atoms with Gasteiger partial charge in [-0.2, -0.15) is 0 Å². The van der Waals surface area contributed by atoms with Crippen LogP contribution < -0.4 is 5.43 Å². The molecule has 1 aromatic heterocycles. The predicted molar refractivity (Wildman–Crippen MR) is 75.6 cm³/mol. The van der Waals surface area contributed by atoms with Gasteiger partial charge in [-0.25, -0.2) is 5.01 Å². The molecule has 0 spiro atoms. The van der Waals surface area contributed by atoms with Crippen molar-refractivity contribution in [3.8, 4) is 0 Å². The zero-order chi connectivity index (χ0) is 13.7. The maximum absolute atomic E-state index is 12.4. The van der Waals surface area contributed by atoms with E-state index in [0.717, 1.165) is 5.69 Å². The zero-order valence-corrected chi connectivity index (χ0v) is 11.1. The summed E-state index contributed by atoms with van der Waals surface area (Å²) in [5, 5.41) is 1.58. The average Bonchev–Trinajstić information content (AvgIpc) is 2.46. The fraction of sp³-hybridized carbons (Fsp3) is 0.200. The Hall–Kier alpha value is -2.36. The van der Waals surface area contributed by atoms with Gasteiger partial charge in [-0.15, -0.1) is 0 Å². The van der Waals surface area contributed by atoms with Crippen LogP contribution in [-0.4, -0.2) is 21.9 Å². The summed E-state index contributed by atoms with van der Waals surface area (Å²) in [6.45, 7) is 3.91. The van der Waals surface area contributed by atoms with E-state index in [4.69, 9.17) is 0 Å². The topological polar surface area (TPSA) is 45.2 Å². The molecule has 0 unspecified atom stereocenters. The lowest BCUT2D eigenvalue weighted by Crippen LogP contribution is -2.41. The Kier molecular flexibility index (Phi) is 4.13. The van der Waals surface area contributed by atoms with Crippen LogP contribution in [0.1, 0.15) is 24.3 Å². The molecule has 0 saturated carbocycles. The number of hydrogen-bond acceptors (Lipinski definition) is 3. The van der Waals surface area contributed by atoms with Crippen molar-refractivity contribution >= 4 is 11.6 Å². The first-order valence-corrected chi connectivity index (χ1v) is 6.25. The third-order valence-electron chi connectivity index (χ3n) is 2.64. The summed E-state index contributed by atoms with van der Waals surface area (Å²) in [7, 11) is 0. The SMILES string of the molecule is CC(C)N(Nc1ccccc1)C(=O)c1ccccn1. The summed E-state index contributed by atoms with van der Waals surface area (Å²) >= 11 is 0. The van der Waals surface area contributed by atoms with E-state index in [1.165, 1.54) is 0 Å². The second-order valence-corrected chi connectivity index (χ2v) is 4.46. The second-order valence-electron chi connectivity index (χ2n) is 4.46. The molecule has 1 heterocycles. The molecule has 0 bridgehead atoms. The van der Waals surface area contributed by atoms with Gasteiger partial charge in [0.15, 0.2) is 0 Å². The molecule has 1 aromatic carbocycles. The quantitative estimate of drug-likeness (QED) is 0.854. The molecule has 0 fully saturated rings. The molecule has 2 aromatic rings. The van der Waals surface area contributed by atoms with Crippen molar-refractivity contribution in [2.75, 3.05) is 5.43 Å². The molecule has 4 heteroatoms. The largest absolute Gasteiger partial charge is 0.296 e. The predicted octanol–water partition coefficient (Wildman–Crippen LogP) is 2.96. The molecular formula is C15H17N3O. The first-order chi connectivity index (χ1) is 9.18. The number of benzene rings is 1. The van der Waals surface area contributed by atoms with Gasteiger partial charge < -0.3 is 0 Å². The molecule has 0 aliphatic carbocycles. The molecule has 19 heavy (non-hydrogen) atoms. The summed E-state index contributed by atoms with van der Waals surface area (Å²) in [6.07, 6.45) is 1.62. The molecule has 1 amide bonds. The lowest BCUT2D eigenvalue weighted by molar-refractivity contribution is 0.0747. The van der Waals surface area contributed by atoms with Gasteiger partial charge in [-0.05, 0) is 38.1 Å². The summed E-state index contributed by atoms with van der Waals surface area (Å²) in [5.74, 6) is -0.139. The fourth-order valence-electron chi connectivity index (χ4n) is 1.68. The van der Waals surface area contributed by atoms with Gasteiger partial charge in [0.2, 0.25) is 0 Å². The lowest BCUT2D eigenvalue weighted by atomic mass is 10.3. The van der Waals surface area contributed by atoms with Crippen LogP contribution in [0, 0.1) is 0 Å². The van der Waals surface area contributed by atoms with Crippen molar-refractivity contribution < 1.29 is 4.79 Å². The number of para-hydroxylation sites is 1. The van der Waals surface area contributed by atoms with E-state index >= 15 is 0 Å². The highest BCUT2D eigenvalue weighted by Gasteiger charge is 2.19. The monoisotopic (exact) mass is 255 g/mol. The van der Waals surface area contributed by atoms with Crippen molar-refractivity contribution in [2.45, 2.75) is 19.9 Å². The van der Waals surface area contributed by atoms with E-state index in [0.29, 0.717) is 5.69 Å². The molecule has 0 saturated heterocycles. The highest BCUT2D eigenvalue weighted by molar-refractivity contribution is 5.93. The minimum atomic E-state index is -0.139. The van der Waals surface area contributed by atoms with E-state index in [9.17, 15) is 4.79 Å². The van der Waals surface area contributed by atoms with Crippen molar-refractivity contribution in [3.63, 3.8) is 0 Å². The maximum Gasteiger partial charge on any atom is 0.291 e. The van der Waals surface area contributed by atoms with E-state index in [2.05, 4.69) is 10.4 Å². The Balaban J connectivity index is 2.19. The molecule has 0 radical (unpaired) electrons. The average molecular weight is 255 g/mol. The van der Waals surface area contributed by atoms with Crippen LogP contribution in [-0.2, 0) is 0 Å². The molecule has 0 atom stereocenters. The summed E-state index contributed by atoms with van der Waals surface area (Å²) in [5.41, 5.74) is 4.43. The number of anilines is 1. The molecule has 0 aliphatic rings. The smallest absolute Gasteiger partial charge is 0.291 e. The van der Waals surface area contributed by atoms with Crippen LogP contribution in [0.15, 0.2) is 54.7 Å². The normalized spacial score (nSPS) is 10.3. The molecule has 2 rings (SSSR count). The van der Waals surface area contributed by atoms with Crippen LogP contribution in [0.25, 0.3) is 0 Å². The summed E-state index contributed by atoms with van der Waals surface area (Å²) < 4.78 is 0.